The Hall–Kier alpha value is -1.16. The topological polar surface area (TPSA) is 41.1 Å². The van der Waals surface area contributed by atoms with Crippen LogP contribution in [0.3, 0.4) is 0 Å². The van der Waals surface area contributed by atoms with Crippen molar-refractivity contribution in [1.29, 1.82) is 0 Å². The molecule has 2 rings (SSSR count). The zero-order valence-electron chi connectivity index (χ0n) is 11.7. The smallest absolute Gasteiger partial charge is 0.147 e. The molecule has 4 heteroatoms. The molecule has 4 nitrogen and oxygen atoms in total. The summed E-state index contributed by atoms with van der Waals surface area (Å²) >= 11 is 0. The van der Waals surface area contributed by atoms with Crippen LogP contribution in [0.5, 0.6) is 0 Å². The van der Waals surface area contributed by atoms with E-state index < -0.39 is 0 Å². The fourth-order valence-electron chi connectivity index (χ4n) is 2.62. The van der Waals surface area contributed by atoms with E-state index in [1.807, 2.05) is 19.4 Å². The van der Waals surface area contributed by atoms with Gasteiger partial charge in [-0.25, -0.2) is 4.98 Å². The highest BCUT2D eigenvalue weighted by molar-refractivity contribution is 5.36. The lowest BCUT2D eigenvalue weighted by Gasteiger charge is -2.34. The average Bonchev–Trinajstić information content (AvgIpc) is 2.40. The van der Waals surface area contributed by atoms with Gasteiger partial charge in [0.15, 0.2) is 0 Å². The normalized spacial score (nSPS) is 23.9. The molecule has 100 valence electrons. The number of nitrogens with zero attached hydrogens (tertiary/aromatic N) is 3. The molecule has 0 aliphatic heterocycles. The average molecular weight is 248 g/mol. The van der Waals surface area contributed by atoms with Gasteiger partial charge in [0.1, 0.15) is 5.82 Å². The summed E-state index contributed by atoms with van der Waals surface area (Å²) in [6, 6.07) is 0.630. The third-order valence-corrected chi connectivity index (χ3v) is 3.94. The number of nitrogens with one attached hydrogen (secondary N) is 1. The molecule has 1 N–H and O–H groups in total. The van der Waals surface area contributed by atoms with E-state index in [9.17, 15) is 0 Å². The second kappa shape index (κ2) is 6.14. The minimum Gasteiger partial charge on any atom is -0.355 e. The molecule has 1 saturated carbocycles. The van der Waals surface area contributed by atoms with Crippen molar-refractivity contribution in [3.63, 3.8) is 0 Å². The van der Waals surface area contributed by atoms with Crippen LogP contribution >= 0.6 is 0 Å². The molecule has 18 heavy (non-hydrogen) atoms. The molecule has 0 amide bonds. The standard InChI is InChI=1S/C14H24N4/c1-11-4-6-13(7-5-11)18(3)14-10-16-12(8-15-2)9-17-14/h9-11,13,15H,4-8H2,1-3H3. The zero-order chi connectivity index (χ0) is 13.0. The second-order valence-corrected chi connectivity index (χ2v) is 5.42. The van der Waals surface area contributed by atoms with Crippen molar-refractivity contribution in [3.8, 4) is 0 Å². The first-order chi connectivity index (χ1) is 8.70. The van der Waals surface area contributed by atoms with Gasteiger partial charge in [-0.3, -0.25) is 4.98 Å². The van der Waals surface area contributed by atoms with Crippen molar-refractivity contribution >= 4 is 5.82 Å². The predicted octanol–water partition coefficient (Wildman–Crippen LogP) is 2.21. The van der Waals surface area contributed by atoms with E-state index >= 15 is 0 Å². The summed E-state index contributed by atoms with van der Waals surface area (Å²) in [5, 5.41) is 3.08. The fourth-order valence-corrected chi connectivity index (χ4v) is 2.62. The van der Waals surface area contributed by atoms with Crippen molar-refractivity contribution in [2.24, 2.45) is 5.92 Å². The van der Waals surface area contributed by atoms with Gasteiger partial charge in [0.25, 0.3) is 0 Å². The molecule has 0 spiro atoms. The van der Waals surface area contributed by atoms with Crippen LogP contribution in [-0.2, 0) is 6.54 Å². The van der Waals surface area contributed by atoms with Crippen LogP contribution in [-0.4, -0.2) is 30.1 Å². The van der Waals surface area contributed by atoms with Crippen LogP contribution < -0.4 is 10.2 Å². The van der Waals surface area contributed by atoms with Crippen molar-refractivity contribution in [2.45, 2.75) is 45.2 Å². The Morgan fingerprint density at radius 2 is 1.94 bits per heavy atom. The third kappa shape index (κ3) is 3.19. The van der Waals surface area contributed by atoms with Crippen LogP contribution in [0.1, 0.15) is 38.3 Å². The molecule has 0 aromatic carbocycles. The Labute approximate surface area is 110 Å². The molecule has 1 heterocycles. The van der Waals surface area contributed by atoms with E-state index in [0.717, 1.165) is 24.0 Å². The Morgan fingerprint density at radius 3 is 2.50 bits per heavy atom. The lowest BCUT2D eigenvalue weighted by atomic mass is 9.87. The highest BCUT2D eigenvalue weighted by atomic mass is 15.2. The van der Waals surface area contributed by atoms with E-state index in [-0.39, 0.29) is 0 Å². The summed E-state index contributed by atoms with van der Waals surface area (Å²) in [7, 11) is 4.06. The van der Waals surface area contributed by atoms with E-state index in [2.05, 4.69) is 34.2 Å². The van der Waals surface area contributed by atoms with Crippen molar-refractivity contribution in [1.82, 2.24) is 15.3 Å². The summed E-state index contributed by atoms with van der Waals surface area (Å²) in [6.45, 7) is 3.13. The minimum absolute atomic E-state index is 0.630. The monoisotopic (exact) mass is 248 g/mol. The Morgan fingerprint density at radius 1 is 1.22 bits per heavy atom. The molecule has 1 aromatic rings. The summed E-state index contributed by atoms with van der Waals surface area (Å²) in [5.41, 5.74) is 0.993. The first-order valence-corrected chi connectivity index (χ1v) is 6.89. The third-order valence-electron chi connectivity index (χ3n) is 3.94. The van der Waals surface area contributed by atoms with Gasteiger partial charge in [0, 0.05) is 19.6 Å². The SMILES string of the molecule is CNCc1cnc(N(C)C2CCC(C)CC2)cn1. The molecule has 1 aliphatic rings. The molecule has 0 atom stereocenters. The van der Waals surface area contributed by atoms with Gasteiger partial charge in [-0.2, -0.15) is 0 Å². The van der Waals surface area contributed by atoms with Gasteiger partial charge in [-0.1, -0.05) is 6.92 Å². The molecule has 0 saturated heterocycles. The van der Waals surface area contributed by atoms with E-state index in [1.165, 1.54) is 25.7 Å². The predicted molar refractivity (Wildman–Crippen MR) is 74.6 cm³/mol. The molecular weight excluding hydrogens is 224 g/mol. The van der Waals surface area contributed by atoms with Crippen molar-refractivity contribution < 1.29 is 0 Å². The Kier molecular flexibility index (Phi) is 4.53. The van der Waals surface area contributed by atoms with Crippen LogP contribution in [0.15, 0.2) is 12.4 Å². The molecular formula is C14H24N4. The number of aromatic nitrogens is 2. The van der Waals surface area contributed by atoms with Gasteiger partial charge in [-0.05, 0) is 38.6 Å². The van der Waals surface area contributed by atoms with E-state index in [4.69, 9.17) is 0 Å². The first-order valence-electron chi connectivity index (χ1n) is 6.89. The Balaban J connectivity index is 1.97. The molecule has 0 unspecified atom stereocenters. The highest BCUT2D eigenvalue weighted by Crippen LogP contribution is 2.28. The van der Waals surface area contributed by atoms with Crippen LogP contribution in [0.4, 0.5) is 5.82 Å². The van der Waals surface area contributed by atoms with Crippen LogP contribution in [0.2, 0.25) is 0 Å². The second-order valence-electron chi connectivity index (χ2n) is 5.42. The highest BCUT2D eigenvalue weighted by Gasteiger charge is 2.22. The lowest BCUT2D eigenvalue weighted by molar-refractivity contribution is 0.340. The summed E-state index contributed by atoms with van der Waals surface area (Å²) in [4.78, 5) is 11.2. The van der Waals surface area contributed by atoms with Gasteiger partial charge in [0.2, 0.25) is 0 Å². The van der Waals surface area contributed by atoms with E-state index in [1.54, 1.807) is 0 Å². The summed E-state index contributed by atoms with van der Waals surface area (Å²) < 4.78 is 0. The molecule has 1 fully saturated rings. The fraction of sp³-hybridized carbons (Fsp3) is 0.714. The molecule has 1 aromatic heterocycles. The minimum atomic E-state index is 0.630. The van der Waals surface area contributed by atoms with E-state index in [0.29, 0.717) is 6.04 Å². The quantitative estimate of drug-likeness (QED) is 0.887. The molecule has 1 aliphatic carbocycles. The zero-order valence-corrected chi connectivity index (χ0v) is 11.7. The number of hydrogen-bond acceptors (Lipinski definition) is 4. The Bertz CT molecular complexity index is 355. The summed E-state index contributed by atoms with van der Waals surface area (Å²) in [5.74, 6) is 1.88. The van der Waals surface area contributed by atoms with Crippen LogP contribution in [0, 0.1) is 5.92 Å². The van der Waals surface area contributed by atoms with Gasteiger partial charge in [0.05, 0.1) is 18.1 Å². The molecule has 0 radical (unpaired) electrons. The number of hydrogen-bond donors (Lipinski definition) is 1. The number of rotatable bonds is 4. The largest absolute Gasteiger partial charge is 0.355 e. The maximum Gasteiger partial charge on any atom is 0.147 e. The maximum atomic E-state index is 4.51. The van der Waals surface area contributed by atoms with Crippen LogP contribution in [0.25, 0.3) is 0 Å². The summed E-state index contributed by atoms with van der Waals surface area (Å²) in [6.07, 6.45) is 8.98. The van der Waals surface area contributed by atoms with Gasteiger partial charge < -0.3 is 10.2 Å². The van der Waals surface area contributed by atoms with Crippen molar-refractivity contribution in [3.05, 3.63) is 18.1 Å². The maximum absolute atomic E-state index is 4.51. The van der Waals surface area contributed by atoms with Gasteiger partial charge >= 0.3 is 0 Å². The van der Waals surface area contributed by atoms with Gasteiger partial charge in [-0.15, -0.1) is 0 Å². The van der Waals surface area contributed by atoms with Crippen molar-refractivity contribution in [2.75, 3.05) is 19.0 Å². The number of anilines is 1. The molecule has 0 bridgehead atoms. The lowest BCUT2D eigenvalue weighted by Crippen LogP contribution is -2.35. The first kappa shape index (κ1) is 13.3.